The molecule has 34 heavy (non-hydrogen) atoms. The minimum atomic E-state index is 0.0859. The first kappa shape index (κ1) is 23.1. The van der Waals surface area contributed by atoms with Crippen LogP contribution >= 0.6 is 0 Å². The Balaban J connectivity index is 1.86. The van der Waals surface area contributed by atoms with Gasteiger partial charge in [-0.2, -0.15) is 0 Å². The molecule has 3 N–H and O–H groups in total. The van der Waals surface area contributed by atoms with Crippen molar-refractivity contribution in [2.75, 3.05) is 4.90 Å². The predicted molar refractivity (Wildman–Crippen MR) is 136 cm³/mol. The van der Waals surface area contributed by atoms with E-state index in [0.717, 1.165) is 44.9 Å². The third-order valence-corrected chi connectivity index (χ3v) is 6.16. The van der Waals surface area contributed by atoms with Crippen LogP contribution in [-0.4, -0.2) is 15.3 Å². The van der Waals surface area contributed by atoms with Crippen LogP contribution in [0.15, 0.2) is 66.7 Å². The molecular formula is C29H29NO4. The maximum atomic E-state index is 10.5. The highest BCUT2D eigenvalue weighted by molar-refractivity contribution is 5.85. The van der Waals surface area contributed by atoms with E-state index in [1.54, 1.807) is 24.3 Å². The van der Waals surface area contributed by atoms with Crippen molar-refractivity contribution in [2.24, 2.45) is 0 Å². The Bertz CT molecular complexity index is 1280. The average molecular weight is 456 g/mol. The number of hydrogen-bond donors (Lipinski definition) is 3. The van der Waals surface area contributed by atoms with Gasteiger partial charge in [-0.1, -0.05) is 24.3 Å². The second-order valence-electron chi connectivity index (χ2n) is 8.60. The van der Waals surface area contributed by atoms with Crippen molar-refractivity contribution in [3.8, 4) is 28.7 Å². The smallest absolute Gasteiger partial charge is 0.171 e. The number of anilines is 3. The molecule has 0 atom stereocenters. The molecule has 0 aliphatic rings. The maximum Gasteiger partial charge on any atom is 0.171 e. The van der Waals surface area contributed by atoms with Crippen molar-refractivity contribution in [3.63, 3.8) is 0 Å². The molecule has 5 heteroatoms. The van der Waals surface area contributed by atoms with E-state index in [9.17, 15) is 15.3 Å². The maximum absolute atomic E-state index is 10.5. The highest BCUT2D eigenvalue weighted by atomic mass is 16.5. The summed E-state index contributed by atoms with van der Waals surface area (Å²) in [5, 5.41) is 31.2. The molecule has 0 aliphatic carbocycles. The first-order chi connectivity index (χ1) is 16.2. The molecule has 4 aromatic rings. The van der Waals surface area contributed by atoms with Crippen molar-refractivity contribution in [1.82, 2.24) is 0 Å². The lowest BCUT2D eigenvalue weighted by molar-refractivity contribution is 0.409. The monoisotopic (exact) mass is 455 g/mol. The molecule has 4 rings (SSSR count). The van der Waals surface area contributed by atoms with Crippen LogP contribution in [0.25, 0.3) is 0 Å². The van der Waals surface area contributed by atoms with E-state index in [2.05, 4.69) is 4.90 Å². The summed E-state index contributed by atoms with van der Waals surface area (Å²) < 4.78 is 5.97. The molecule has 0 amide bonds. The van der Waals surface area contributed by atoms with Gasteiger partial charge in [0.2, 0.25) is 0 Å². The standard InChI is InChI=1S/C29H29NO4/c1-17-9-15-24(31)20(4)27(17)30(28-18(2)10-16-25(32)21(28)5)22-11-13-23(14-12-22)34-29-19(3)7-6-8-26(29)33/h6-16,31-33H,1-5H3. The quantitative estimate of drug-likeness (QED) is 0.289. The Labute approximate surface area is 200 Å². The van der Waals surface area contributed by atoms with Crippen molar-refractivity contribution < 1.29 is 20.1 Å². The summed E-state index contributed by atoms with van der Waals surface area (Å²) in [6, 6.07) is 20.0. The molecule has 0 radical (unpaired) electrons. The molecule has 0 aromatic heterocycles. The summed E-state index contributed by atoms with van der Waals surface area (Å²) in [4.78, 5) is 2.06. The molecular weight excluding hydrogens is 426 g/mol. The Morgan fingerprint density at radius 1 is 0.559 bits per heavy atom. The zero-order valence-corrected chi connectivity index (χ0v) is 20.0. The number of phenolic OH excluding ortho intramolecular Hbond substituents is 3. The van der Waals surface area contributed by atoms with E-state index in [0.29, 0.717) is 11.5 Å². The minimum absolute atomic E-state index is 0.0859. The van der Waals surface area contributed by atoms with Gasteiger partial charge in [0.25, 0.3) is 0 Å². The van der Waals surface area contributed by atoms with Crippen LogP contribution in [0.5, 0.6) is 28.7 Å². The Kier molecular flexibility index (Phi) is 6.12. The van der Waals surface area contributed by atoms with E-state index in [1.165, 1.54) is 0 Å². The van der Waals surface area contributed by atoms with Crippen molar-refractivity contribution >= 4 is 17.1 Å². The number of rotatable bonds is 5. The van der Waals surface area contributed by atoms with Crippen molar-refractivity contribution in [3.05, 3.63) is 94.5 Å². The first-order valence-electron chi connectivity index (χ1n) is 11.1. The van der Waals surface area contributed by atoms with Crippen molar-refractivity contribution in [2.45, 2.75) is 34.6 Å². The summed E-state index contributed by atoms with van der Waals surface area (Å²) >= 11 is 0. The Morgan fingerprint density at radius 3 is 1.59 bits per heavy atom. The van der Waals surface area contributed by atoms with Gasteiger partial charge in [-0.15, -0.1) is 0 Å². The average Bonchev–Trinajstić information content (AvgIpc) is 2.81. The molecule has 174 valence electrons. The molecule has 4 aromatic carbocycles. The number of benzene rings is 4. The number of aryl methyl sites for hydroxylation is 3. The number of ether oxygens (including phenoxy) is 1. The first-order valence-corrected chi connectivity index (χ1v) is 11.1. The fourth-order valence-corrected chi connectivity index (χ4v) is 4.26. The van der Waals surface area contributed by atoms with Crippen molar-refractivity contribution in [1.29, 1.82) is 0 Å². The summed E-state index contributed by atoms with van der Waals surface area (Å²) in [6.07, 6.45) is 0. The van der Waals surface area contributed by atoms with Gasteiger partial charge in [-0.25, -0.2) is 0 Å². The second-order valence-corrected chi connectivity index (χ2v) is 8.60. The lowest BCUT2D eigenvalue weighted by atomic mass is 10.0. The Morgan fingerprint density at radius 2 is 1.09 bits per heavy atom. The highest BCUT2D eigenvalue weighted by Crippen LogP contribution is 2.46. The van der Waals surface area contributed by atoms with E-state index in [-0.39, 0.29) is 17.2 Å². The highest BCUT2D eigenvalue weighted by Gasteiger charge is 2.23. The van der Waals surface area contributed by atoms with Gasteiger partial charge in [0, 0.05) is 16.8 Å². The van der Waals surface area contributed by atoms with E-state index < -0.39 is 0 Å². The van der Waals surface area contributed by atoms with Crippen LogP contribution in [0.2, 0.25) is 0 Å². The normalized spacial score (nSPS) is 10.9. The fourth-order valence-electron chi connectivity index (χ4n) is 4.26. The summed E-state index contributed by atoms with van der Waals surface area (Å²) in [5.41, 5.74) is 6.84. The lowest BCUT2D eigenvalue weighted by Crippen LogP contribution is -2.15. The summed E-state index contributed by atoms with van der Waals surface area (Å²) in [6.45, 7) is 9.65. The molecule has 0 saturated heterocycles. The number of phenols is 3. The molecule has 0 bridgehead atoms. The zero-order chi connectivity index (χ0) is 24.6. The molecule has 0 aliphatic heterocycles. The topological polar surface area (TPSA) is 73.2 Å². The molecule has 5 nitrogen and oxygen atoms in total. The van der Waals surface area contributed by atoms with Gasteiger partial charge in [0.15, 0.2) is 11.5 Å². The van der Waals surface area contributed by atoms with E-state index >= 15 is 0 Å². The zero-order valence-electron chi connectivity index (χ0n) is 20.0. The predicted octanol–water partition coefficient (Wildman–Crippen LogP) is 7.61. The van der Waals surface area contributed by atoms with Crippen LogP contribution in [0.4, 0.5) is 17.1 Å². The summed E-state index contributed by atoms with van der Waals surface area (Å²) in [7, 11) is 0. The minimum Gasteiger partial charge on any atom is -0.508 e. The van der Waals surface area contributed by atoms with Gasteiger partial charge < -0.3 is 25.0 Å². The van der Waals surface area contributed by atoms with Gasteiger partial charge >= 0.3 is 0 Å². The van der Waals surface area contributed by atoms with Crippen LogP contribution in [0.3, 0.4) is 0 Å². The van der Waals surface area contributed by atoms with E-state index in [1.807, 2.05) is 77.1 Å². The fraction of sp³-hybridized carbons (Fsp3) is 0.172. The molecule has 0 heterocycles. The molecule has 0 spiro atoms. The SMILES string of the molecule is Cc1cccc(O)c1Oc1ccc(N(c2c(C)ccc(O)c2C)c2c(C)ccc(O)c2C)cc1. The van der Waals surface area contributed by atoms with Gasteiger partial charge in [0.05, 0.1) is 11.4 Å². The summed E-state index contributed by atoms with van der Waals surface area (Å²) in [5.74, 6) is 1.50. The number of aromatic hydroxyl groups is 3. The molecule has 0 saturated carbocycles. The Hall–Kier alpha value is -4.12. The second kappa shape index (κ2) is 9.02. The van der Waals surface area contributed by atoms with E-state index in [4.69, 9.17) is 4.74 Å². The molecule has 0 unspecified atom stereocenters. The third-order valence-electron chi connectivity index (χ3n) is 6.16. The molecule has 0 fully saturated rings. The number of nitrogens with zero attached hydrogens (tertiary/aromatic N) is 1. The lowest BCUT2D eigenvalue weighted by Gasteiger charge is -2.31. The van der Waals surface area contributed by atoms with Crippen LogP contribution in [0.1, 0.15) is 27.8 Å². The van der Waals surface area contributed by atoms with Gasteiger partial charge in [-0.3, -0.25) is 0 Å². The largest absolute Gasteiger partial charge is 0.508 e. The van der Waals surface area contributed by atoms with Gasteiger partial charge in [-0.05, 0) is 93.8 Å². The van der Waals surface area contributed by atoms with Gasteiger partial charge in [0.1, 0.15) is 17.2 Å². The third kappa shape index (κ3) is 4.13. The number of hydrogen-bond acceptors (Lipinski definition) is 5. The van der Waals surface area contributed by atoms with Crippen LogP contribution < -0.4 is 9.64 Å². The van der Waals surface area contributed by atoms with Crippen LogP contribution in [0, 0.1) is 34.6 Å². The van der Waals surface area contributed by atoms with Crippen LogP contribution in [-0.2, 0) is 0 Å². The number of para-hydroxylation sites is 1.